The number of allylic oxidation sites excluding steroid dienone is 12. The zero-order chi connectivity index (χ0) is 45.5. The Morgan fingerprint density at radius 2 is 0.984 bits per heavy atom. The minimum atomic E-state index is -4.62. The van der Waals surface area contributed by atoms with Crippen molar-refractivity contribution in [1.82, 2.24) is 0 Å². The fraction of sp³-hybridized carbons (Fsp3) is 0.714. The van der Waals surface area contributed by atoms with E-state index < -0.39 is 71.2 Å². The van der Waals surface area contributed by atoms with Gasteiger partial charge in [-0.25, -0.2) is 0 Å². The molecule has 0 saturated carbocycles. The van der Waals surface area contributed by atoms with Gasteiger partial charge in [0.1, 0.15) is 36.8 Å². The summed E-state index contributed by atoms with van der Waals surface area (Å²) in [4.78, 5) is 25.4. The van der Waals surface area contributed by atoms with E-state index in [2.05, 4.69) is 74.6 Å². The molecule has 1 rings (SSSR count). The summed E-state index contributed by atoms with van der Waals surface area (Å²) in [5, 5.41) is 30.9. The Hall–Kier alpha value is -2.91. The summed E-state index contributed by atoms with van der Waals surface area (Å²) in [5.74, 6) is -2.09. The fourth-order valence-corrected chi connectivity index (χ4v) is 7.27. The van der Waals surface area contributed by atoms with Crippen molar-refractivity contribution >= 4 is 22.1 Å². The Morgan fingerprint density at radius 1 is 0.548 bits per heavy atom. The number of hydrogen-bond acceptors (Lipinski definition) is 11. The van der Waals surface area contributed by atoms with E-state index in [-0.39, 0.29) is 19.4 Å². The number of ether oxygens (including phenoxy) is 4. The molecule has 0 aromatic rings. The predicted molar refractivity (Wildman–Crippen MR) is 247 cm³/mol. The van der Waals surface area contributed by atoms with Crippen molar-refractivity contribution in [2.75, 3.05) is 19.0 Å². The van der Waals surface area contributed by atoms with Gasteiger partial charge in [-0.15, -0.1) is 0 Å². The highest BCUT2D eigenvalue weighted by Crippen LogP contribution is 2.24. The van der Waals surface area contributed by atoms with Crippen molar-refractivity contribution in [3.05, 3.63) is 72.9 Å². The van der Waals surface area contributed by atoms with Crippen LogP contribution in [0.15, 0.2) is 72.9 Å². The van der Waals surface area contributed by atoms with Crippen LogP contribution in [0.2, 0.25) is 0 Å². The quantitative estimate of drug-likeness (QED) is 0.0199. The van der Waals surface area contributed by atoms with E-state index in [1.165, 1.54) is 57.8 Å². The van der Waals surface area contributed by atoms with Crippen LogP contribution in [0.25, 0.3) is 0 Å². The third-order valence-electron chi connectivity index (χ3n) is 10.3. The number of aliphatic hydroxyl groups excluding tert-OH is 3. The van der Waals surface area contributed by atoms with Crippen LogP contribution >= 0.6 is 0 Å². The number of carbonyl (C=O) groups is 2. The lowest BCUT2D eigenvalue weighted by atomic mass is 10.00. The zero-order valence-electron chi connectivity index (χ0n) is 37.9. The monoisotopic (exact) mass is 895 g/mol. The van der Waals surface area contributed by atoms with Gasteiger partial charge in [0, 0.05) is 12.8 Å². The standard InChI is InChI=1S/C49H82O12S/c1-3-5-7-9-11-13-15-17-19-21-23-25-27-29-31-33-35-37-44(50)58-39-42(40-59-49-48(54)47(53)46(52)43(61-49)41-62(55,56)57)60-45(51)38-36-34-32-30-28-26-24-22-20-18-16-14-12-10-8-6-4-2/h11,13,17-20,23-26,30,32,42-43,46-49,52-54H,3-10,12,14-16,21-22,27-29,31,33-41H2,1-2H3,(H,55,56,57)/b13-11+,19-17+,20-18+,25-23+,26-24+,32-30+/t42-,43-,46-,47?,48?,49+/m1/s1. The van der Waals surface area contributed by atoms with Crippen molar-refractivity contribution < 1.29 is 56.8 Å². The Kier molecular flexibility index (Phi) is 35.5. The van der Waals surface area contributed by atoms with Crippen molar-refractivity contribution in [2.45, 2.75) is 205 Å². The number of hydrogen-bond donors (Lipinski definition) is 4. The Bertz CT molecular complexity index is 1420. The molecule has 13 heteroatoms. The second kappa shape index (κ2) is 38.5. The molecule has 1 heterocycles. The largest absolute Gasteiger partial charge is 0.462 e. The molecule has 2 unspecified atom stereocenters. The van der Waals surface area contributed by atoms with E-state index in [4.69, 9.17) is 18.9 Å². The van der Waals surface area contributed by atoms with E-state index in [9.17, 15) is 37.9 Å². The smallest absolute Gasteiger partial charge is 0.306 e. The second-order valence-corrected chi connectivity index (χ2v) is 17.6. The SMILES string of the molecule is CCCCC/C=C/C/C=C/C/C=C/CCCCCCC(=O)OC[C@H](CO[C@H]1O[C@H](CS(=O)(=O)O)[C@@H](O)C(O)C1O)OC(=O)CCC/C=C/C/C=C/C/C=C/CCCCCCCC. The summed E-state index contributed by atoms with van der Waals surface area (Å²) in [7, 11) is -4.62. The predicted octanol–water partition coefficient (Wildman–Crippen LogP) is 9.89. The topological polar surface area (TPSA) is 186 Å². The molecule has 12 nitrogen and oxygen atoms in total. The minimum Gasteiger partial charge on any atom is -0.462 e. The van der Waals surface area contributed by atoms with Gasteiger partial charge in [-0.05, 0) is 83.5 Å². The number of carbonyl (C=O) groups excluding carboxylic acids is 2. The van der Waals surface area contributed by atoms with Gasteiger partial charge in [0.15, 0.2) is 12.4 Å². The van der Waals surface area contributed by atoms with Crippen molar-refractivity contribution in [1.29, 1.82) is 0 Å². The molecule has 0 bridgehead atoms. The normalized spacial score (nSPS) is 20.5. The van der Waals surface area contributed by atoms with E-state index in [0.29, 0.717) is 19.3 Å². The van der Waals surface area contributed by atoms with Gasteiger partial charge in [0.05, 0.1) is 6.61 Å². The van der Waals surface area contributed by atoms with Crippen LogP contribution in [-0.2, 0) is 38.7 Å². The third kappa shape index (κ3) is 32.7. The summed E-state index contributed by atoms with van der Waals surface area (Å²) in [6.07, 6.45) is 39.5. The van der Waals surface area contributed by atoms with Gasteiger partial charge in [-0.3, -0.25) is 14.1 Å². The highest BCUT2D eigenvalue weighted by molar-refractivity contribution is 7.85. The van der Waals surface area contributed by atoms with Crippen LogP contribution in [0, 0.1) is 0 Å². The van der Waals surface area contributed by atoms with Gasteiger partial charge in [0.25, 0.3) is 10.1 Å². The molecular formula is C49H82O12S. The lowest BCUT2D eigenvalue weighted by Crippen LogP contribution is -2.60. The summed E-state index contributed by atoms with van der Waals surface area (Å²) in [6, 6.07) is 0. The highest BCUT2D eigenvalue weighted by atomic mass is 32.2. The maximum atomic E-state index is 12.8. The molecular weight excluding hydrogens is 813 g/mol. The number of rotatable bonds is 38. The molecule has 62 heavy (non-hydrogen) atoms. The highest BCUT2D eigenvalue weighted by Gasteiger charge is 2.46. The average Bonchev–Trinajstić information content (AvgIpc) is 3.24. The fourth-order valence-electron chi connectivity index (χ4n) is 6.58. The molecule has 1 aliphatic heterocycles. The van der Waals surface area contributed by atoms with Crippen LogP contribution in [0.4, 0.5) is 0 Å². The lowest BCUT2D eigenvalue weighted by molar-refractivity contribution is -0.297. The molecule has 0 radical (unpaired) electrons. The summed E-state index contributed by atoms with van der Waals surface area (Å²) < 4.78 is 54.0. The van der Waals surface area contributed by atoms with Gasteiger partial charge in [-0.2, -0.15) is 8.42 Å². The van der Waals surface area contributed by atoms with Gasteiger partial charge < -0.3 is 34.3 Å². The molecule has 0 amide bonds. The number of aliphatic hydroxyl groups is 3. The van der Waals surface area contributed by atoms with Crippen molar-refractivity contribution in [2.24, 2.45) is 0 Å². The van der Waals surface area contributed by atoms with E-state index in [1.54, 1.807) is 0 Å². The van der Waals surface area contributed by atoms with E-state index in [1.807, 2.05) is 12.2 Å². The molecule has 0 aliphatic carbocycles. The number of esters is 2. The Balaban J connectivity index is 2.50. The number of unbranched alkanes of at least 4 members (excludes halogenated alkanes) is 14. The van der Waals surface area contributed by atoms with Crippen molar-refractivity contribution in [3.8, 4) is 0 Å². The van der Waals surface area contributed by atoms with Crippen LogP contribution in [0.5, 0.6) is 0 Å². The average molecular weight is 895 g/mol. The van der Waals surface area contributed by atoms with E-state index >= 15 is 0 Å². The molecule has 6 atom stereocenters. The zero-order valence-corrected chi connectivity index (χ0v) is 38.8. The third-order valence-corrected chi connectivity index (χ3v) is 11.0. The first-order valence-corrected chi connectivity index (χ1v) is 25.1. The van der Waals surface area contributed by atoms with Gasteiger partial charge in [0.2, 0.25) is 0 Å². The first-order valence-electron chi connectivity index (χ1n) is 23.5. The lowest BCUT2D eigenvalue weighted by Gasteiger charge is -2.40. The maximum Gasteiger partial charge on any atom is 0.306 e. The second-order valence-electron chi connectivity index (χ2n) is 16.1. The van der Waals surface area contributed by atoms with Crippen LogP contribution < -0.4 is 0 Å². The minimum absolute atomic E-state index is 0.0840. The van der Waals surface area contributed by atoms with Crippen LogP contribution in [0.1, 0.15) is 168 Å². The van der Waals surface area contributed by atoms with Crippen LogP contribution in [-0.4, -0.2) is 96.0 Å². The Morgan fingerprint density at radius 3 is 1.52 bits per heavy atom. The molecule has 1 aliphatic rings. The molecule has 1 saturated heterocycles. The Labute approximate surface area is 374 Å². The summed E-state index contributed by atoms with van der Waals surface area (Å²) in [6.45, 7) is 3.66. The molecule has 0 spiro atoms. The molecule has 0 aromatic heterocycles. The molecule has 356 valence electrons. The summed E-state index contributed by atoms with van der Waals surface area (Å²) >= 11 is 0. The molecule has 4 N–H and O–H groups in total. The maximum absolute atomic E-state index is 12.8. The van der Waals surface area contributed by atoms with Crippen LogP contribution in [0.3, 0.4) is 0 Å². The van der Waals surface area contributed by atoms with Gasteiger partial charge >= 0.3 is 11.9 Å². The summed E-state index contributed by atoms with van der Waals surface area (Å²) in [5.41, 5.74) is 0. The first kappa shape index (κ1) is 57.1. The first-order chi connectivity index (χ1) is 30.0. The molecule has 0 aromatic carbocycles. The van der Waals surface area contributed by atoms with Crippen molar-refractivity contribution in [3.63, 3.8) is 0 Å². The molecule has 1 fully saturated rings. The van der Waals surface area contributed by atoms with E-state index in [0.717, 1.165) is 64.2 Å². The van der Waals surface area contributed by atoms with Gasteiger partial charge in [-0.1, -0.05) is 145 Å².